The van der Waals surface area contributed by atoms with E-state index in [-0.39, 0.29) is 17.9 Å². The van der Waals surface area contributed by atoms with Gasteiger partial charge < -0.3 is 9.88 Å². The zero-order valence-corrected chi connectivity index (χ0v) is 19.1. The summed E-state index contributed by atoms with van der Waals surface area (Å²) < 4.78 is 2.20. The number of nitrogens with one attached hydrogen (secondary N) is 1. The van der Waals surface area contributed by atoms with Crippen molar-refractivity contribution in [3.05, 3.63) is 70.8 Å². The van der Waals surface area contributed by atoms with E-state index in [1.165, 1.54) is 27.8 Å². The van der Waals surface area contributed by atoms with Gasteiger partial charge in [0.2, 0.25) is 5.91 Å². The van der Waals surface area contributed by atoms with Crippen LogP contribution in [-0.4, -0.2) is 38.7 Å². The lowest BCUT2D eigenvalue weighted by Crippen LogP contribution is -2.32. The molecule has 1 aromatic heterocycles. The molecule has 166 valence electrons. The number of nitrogens with zero attached hydrogens (tertiary/aromatic N) is 4. The first-order valence-corrected chi connectivity index (χ1v) is 11.6. The fourth-order valence-corrected chi connectivity index (χ4v) is 4.87. The number of aromatic nitrogens is 3. The molecule has 0 radical (unpaired) electrons. The maximum absolute atomic E-state index is 12.1. The second-order valence-corrected chi connectivity index (χ2v) is 9.36. The Labute approximate surface area is 189 Å². The second kappa shape index (κ2) is 8.51. The lowest BCUT2D eigenvalue weighted by atomic mass is 10.0. The van der Waals surface area contributed by atoms with Gasteiger partial charge in [0.1, 0.15) is 5.82 Å². The van der Waals surface area contributed by atoms with E-state index in [0.717, 1.165) is 50.7 Å². The normalized spacial score (nSPS) is 16.2. The van der Waals surface area contributed by atoms with Crippen LogP contribution in [0.2, 0.25) is 0 Å². The van der Waals surface area contributed by atoms with E-state index in [1.807, 2.05) is 20.8 Å². The topological polar surface area (TPSA) is 63.1 Å². The molecule has 2 aromatic carbocycles. The summed E-state index contributed by atoms with van der Waals surface area (Å²) in [5.74, 6) is 1.87. The number of amides is 1. The number of carbonyl (C=O) groups is 1. The van der Waals surface area contributed by atoms with Crippen molar-refractivity contribution >= 4 is 5.91 Å². The van der Waals surface area contributed by atoms with Crippen LogP contribution in [-0.2, 0) is 30.7 Å². The molecule has 0 fully saturated rings. The van der Waals surface area contributed by atoms with Crippen molar-refractivity contribution in [1.82, 2.24) is 25.0 Å². The Kier molecular flexibility index (Phi) is 5.55. The van der Waals surface area contributed by atoms with Gasteiger partial charge in [-0.2, -0.15) is 0 Å². The molecule has 1 N–H and O–H groups in total. The first kappa shape index (κ1) is 20.9. The average molecular weight is 430 g/mol. The monoisotopic (exact) mass is 429 g/mol. The Morgan fingerprint density at radius 1 is 1.00 bits per heavy atom. The lowest BCUT2D eigenvalue weighted by Gasteiger charge is -2.21. The molecule has 0 spiro atoms. The Morgan fingerprint density at radius 2 is 1.81 bits per heavy atom. The molecule has 0 unspecified atom stereocenters. The van der Waals surface area contributed by atoms with Crippen LogP contribution in [0, 0.1) is 5.92 Å². The number of hydrogen-bond acceptors (Lipinski definition) is 4. The van der Waals surface area contributed by atoms with E-state index in [0.29, 0.717) is 0 Å². The summed E-state index contributed by atoms with van der Waals surface area (Å²) in [6, 6.07) is 15.5. The van der Waals surface area contributed by atoms with Crippen molar-refractivity contribution in [3.63, 3.8) is 0 Å². The van der Waals surface area contributed by atoms with Crippen LogP contribution in [0.25, 0.3) is 11.1 Å². The number of benzene rings is 2. The second-order valence-electron chi connectivity index (χ2n) is 9.36. The third-order valence-electron chi connectivity index (χ3n) is 6.68. The highest BCUT2D eigenvalue weighted by Crippen LogP contribution is 2.36. The van der Waals surface area contributed by atoms with Gasteiger partial charge in [-0.25, -0.2) is 0 Å². The minimum atomic E-state index is -0.143. The van der Waals surface area contributed by atoms with Crippen LogP contribution in [0.15, 0.2) is 42.5 Å². The molecule has 1 aliphatic carbocycles. The van der Waals surface area contributed by atoms with Crippen LogP contribution in [0.5, 0.6) is 0 Å². The van der Waals surface area contributed by atoms with Crippen molar-refractivity contribution in [3.8, 4) is 11.1 Å². The van der Waals surface area contributed by atoms with Crippen LogP contribution in [0.1, 0.15) is 55.2 Å². The summed E-state index contributed by atoms with van der Waals surface area (Å²) in [6.07, 6.45) is 1.90. The third-order valence-corrected chi connectivity index (χ3v) is 6.68. The zero-order chi connectivity index (χ0) is 22.2. The molecule has 1 atom stereocenters. The zero-order valence-electron chi connectivity index (χ0n) is 19.1. The number of carbonyl (C=O) groups excluding carboxylic acids is 1. The summed E-state index contributed by atoms with van der Waals surface area (Å²) in [5, 5.41) is 11.9. The van der Waals surface area contributed by atoms with Crippen molar-refractivity contribution in [1.29, 1.82) is 0 Å². The Bertz CT molecular complexity index is 1150. The van der Waals surface area contributed by atoms with Crippen molar-refractivity contribution in [2.45, 2.75) is 52.7 Å². The fourth-order valence-electron chi connectivity index (χ4n) is 4.87. The molecule has 0 saturated heterocycles. The fraction of sp³-hybridized carbons (Fsp3) is 0.423. The Hall–Kier alpha value is -2.99. The van der Waals surface area contributed by atoms with E-state index in [2.05, 4.69) is 67.4 Å². The molecule has 0 bridgehead atoms. The summed E-state index contributed by atoms with van der Waals surface area (Å²) >= 11 is 0. The van der Waals surface area contributed by atoms with Gasteiger partial charge in [-0.15, -0.1) is 10.2 Å². The minimum Gasteiger partial charge on any atom is -0.346 e. The molecular weight excluding hydrogens is 398 g/mol. The molecule has 1 amide bonds. The first-order chi connectivity index (χ1) is 15.5. The Balaban J connectivity index is 1.26. The maximum Gasteiger partial charge on any atom is 0.223 e. The quantitative estimate of drug-likeness (QED) is 0.525. The van der Waals surface area contributed by atoms with E-state index in [4.69, 9.17) is 0 Å². The van der Waals surface area contributed by atoms with Crippen molar-refractivity contribution in [2.75, 3.05) is 13.1 Å². The summed E-state index contributed by atoms with van der Waals surface area (Å²) in [4.78, 5) is 14.6. The van der Waals surface area contributed by atoms with Gasteiger partial charge in [-0.05, 0) is 41.2 Å². The third kappa shape index (κ3) is 3.95. The summed E-state index contributed by atoms with van der Waals surface area (Å²) in [6.45, 7) is 9.49. The number of rotatable bonds is 5. The van der Waals surface area contributed by atoms with Crippen LogP contribution in [0.3, 0.4) is 0 Å². The van der Waals surface area contributed by atoms with Crippen LogP contribution < -0.4 is 5.32 Å². The highest BCUT2D eigenvalue weighted by Gasteiger charge is 2.24. The standard InChI is InChI=1S/C26H31N5O/c1-17(2)26(32)27-18(3)25-29-28-24-10-11-30(12-13-31(24)25)16-19-8-9-23-21(14-19)15-20-6-4-5-7-22(20)23/h4-9,14,17-18H,10-13,15-16H2,1-3H3,(H,27,32)/t18-/m0/s1. The molecule has 0 saturated carbocycles. The van der Waals surface area contributed by atoms with Gasteiger partial charge in [-0.3, -0.25) is 9.69 Å². The molecule has 6 nitrogen and oxygen atoms in total. The molecular formula is C26H31N5O. The van der Waals surface area contributed by atoms with Gasteiger partial charge in [-0.1, -0.05) is 56.3 Å². The predicted molar refractivity (Wildman–Crippen MR) is 125 cm³/mol. The summed E-state index contributed by atoms with van der Waals surface area (Å²) in [7, 11) is 0. The van der Waals surface area contributed by atoms with Gasteiger partial charge >= 0.3 is 0 Å². The molecule has 1 aliphatic heterocycles. The van der Waals surface area contributed by atoms with Gasteiger partial charge in [0.25, 0.3) is 0 Å². The number of hydrogen-bond donors (Lipinski definition) is 1. The highest BCUT2D eigenvalue weighted by atomic mass is 16.1. The minimum absolute atomic E-state index is 0.0421. The summed E-state index contributed by atoms with van der Waals surface area (Å²) in [5.41, 5.74) is 7.00. The van der Waals surface area contributed by atoms with E-state index >= 15 is 0 Å². The number of fused-ring (bicyclic) bond motifs is 4. The van der Waals surface area contributed by atoms with E-state index in [1.54, 1.807) is 0 Å². The first-order valence-electron chi connectivity index (χ1n) is 11.6. The SMILES string of the molecule is CC(C)C(=O)N[C@@H](C)c1nnc2n1CCN(Cc1ccc3c(c1)Cc1ccccc1-3)CC2. The van der Waals surface area contributed by atoms with Crippen molar-refractivity contribution < 1.29 is 4.79 Å². The molecule has 2 heterocycles. The lowest BCUT2D eigenvalue weighted by molar-refractivity contribution is -0.124. The molecule has 5 rings (SSSR count). The maximum atomic E-state index is 12.1. The average Bonchev–Trinajstić information content (AvgIpc) is 3.30. The van der Waals surface area contributed by atoms with Crippen molar-refractivity contribution in [2.24, 2.45) is 5.92 Å². The van der Waals surface area contributed by atoms with E-state index in [9.17, 15) is 4.79 Å². The predicted octanol–water partition coefficient (Wildman–Crippen LogP) is 3.74. The van der Waals surface area contributed by atoms with Gasteiger partial charge in [0, 0.05) is 38.5 Å². The van der Waals surface area contributed by atoms with Crippen LogP contribution >= 0.6 is 0 Å². The van der Waals surface area contributed by atoms with Gasteiger partial charge in [0.15, 0.2) is 5.82 Å². The highest BCUT2D eigenvalue weighted by molar-refractivity contribution is 5.78. The molecule has 6 heteroatoms. The smallest absolute Gasteiger partial charge is 0.223 e. The largest absolute Gasteiger partial charge is 0.346 e. The molecule has 3 aromatic rings. The molecule has 32 heavy (non-hydrogen) atoms. The van der Waals surface area contributed by atoms with E-state index < -0.39 is 0 Å². The van der Waals surface area contributed by atoms with Crippen LogP contribution in [0.4, 0.5) is 0 Å². The molecule has 2 aliphatic rings. The van der Waals surface area contributed by atoms with Gasteiger partial charge in [0.05, 0.1) is 6.04 Å². The Morgan fingerprint density at radius 3 is 2.66 bits per heavy atom.